The molecule has 0 radical (unpaired) electrons. The highest BCUT2D eigenvalue weighted by Crippen LogP contribution is 2.33. The van der Waals surface area contributed by atoms with E-state index in [1.54, 1.807) is 29.1 Å². The standard InChI is InChI=1S/C19H24N4O3S/c24-19(16-6-7-16)22-12-9-17(10-13-22)23-18(8-11-20-23)21-27(25,26)14-15-4-2-1-3-5-15/h1-5,8,11,16-17,21H,6-7,9-10,12-14H2. The lowest BCUT2D eigenvalue weighted by Crippen LogP contribution is -2.40. The molecule has 1 N–H and O–H groups in total. The number of sulfonamides is 1. The van der Waals surface area contributed by atoms with Crippen LogP contribution in [0.4, 0.5) is 5.82 Å². The zero-order valence-corrected chi connectivity index (χ0v) is 15.9. The summed E-state index contributed by atoms with van der Waals surface area (Å²) in [6.07, 6.45) is 5.22. The quantitative estimate of drug-likeness (QED) is 0.824. The maximum absolute atomic E-state index is 12.5. The summed E-state index contributed by atoms with van der Waals surface area (Å²) < 4.78 is 29.5. The van der Waals surface area contributed by atoms with Crippen LogP contribution in [0.5, 0.6) is 0 Å². The number of aromatic nitrogens is 2. The maximum Gasteiger partial charge on any atom is 0.238 e. The van der Waals surface area contributed by atoms with Gasteiger partial charge in [0, 0.05) is 25.1 Å². The van der Waals surface area contributed by atoms with Gasteiger partial charge >= 0.3 is 0 Å². The minimum Gasteiger partial charge on any atom is -0.342 e. The minimum absolute atomic E-state index is 0.0760. The molecule has 1 aliphatic heterocycles. The highest BCUT2D eigenvalue weighted by atomic mass is 32.2. The second-order valence-corrected chi connectivity index (χ2v) is 9.06. The lowest BCUT2D eigenvalue weighted by Gasteiger charge is -2.33. The van der Waals surface area contributed by atoms with Gasteiger partial charge in [0.1, 0.15) is 5.82 Å². The van der Waals surface area contributed by atoms with Crippen molar-refractivity contribution < 1.29 is 13.2 Å². The van der Waals surface area contributed by atoms with Gasteiger partial charge in [-0.1, -0.05) is 30.3 Å². The van der Waals surface area contributed by atoms with Gasteiger partial charge in [0.25, 0.3) is 0 Å². The molecular weight excluding hydrogens is 364 g/mol. The van der Waals surface area contributed by atoms with E-state index >= 15 is 0 Å². The minimum atomic E-state index is -3.52. The molecule has 2 fully saturated rings. The van der Waals surface area contributed by atoms with Crippen LogP contribution < -0.4 is 4.72 Å². The molecule has 2 aromatic rings. The number of hydrogen-bond acceptors (Lipinski definition) is 4. The average Bonchev–Trinajstić information content (AvgIpc) is 3.41. The highest BCUT2D eigenvalue weighted by molar-refractivity contribution is 7.91. The Labute approximate surface area is 159 Å². The Morgan fingerprint density at radius 3 is 2.44 bits per heavy atom. The average molecular weight is 388 g/mol. The number of carbonyl (C=O) groups is 1. The molecule has 0 spiro atoms. The van der Waals surface area contributed by atoms with E-state index in [-0.39, 0.29) is 23.6 Å². The Morgan fingerprint density at radius 1 is 1.07 bits per heavy atom. The fourth-order valence-electron chi connectivity index (χ4n) is 3.59. The monoisotopic (exact) mass is 388 g/mol. The van der Waals surface area contributed by atoms with E-state index in [9.17, 15) is 13.2 Å². The van der Waals surface area contributed by atoms with Gasteiger partial charge in [0.2, 0.25) is 15.9 Å². The lowest BCUT2D eigenvalue weighted by atomic mass is 10.0. The summed E-state index contributed by atoms with van der Waals surface area (Å²) >= 11 is 0. The van der Waals surface area contributed by atoms with Crippen molar-refractivity contribution in [1.29, 1.82) is 0 Å². The SMILES string of the molecule is O=C(C1CC1)N1CCC(n2nccc2NS(=O)(=O)Cc2ccccc2)CC1. The molecule has 1 aromatic carbocycles. The molecule has 1 saturated heterocycles. The summed E-state index contributed by atoms with van der Waals surface area (Å²) in [6, 6.07) is 10.9. The topological polar surface area (TPSA) is 84.3 Å². The predicted molar refractivity (Wildman–Crippen MR) is 102 cm³/mol. The molecule has 0 atom stereocenters. The Balaban J connectivity index is 1.40. The summed E-state index contributed by atoms with van der Waals surface area (Å²) in [4.78, 5) is 14.1. The van der Waals surface area contributed by atoms with Crippen molar-refractivity contribution in [3.63, 3.8) is 0 Å². The molecule has 7 nitrogen and oxygen atoms in total. The van der Waals surface area contributed by atoms with Crippen molar-refractivity contribution in [2.24, 2.45) is 5.92 Å². The second-order valence-electron chi connectivity index (χ2n) is 7.34. The Bertz CT molecular complexity index is 898. The first-order chi connectivity index (χ1) is 13.0. The number of anilines is 1. The van der Waals surface area contributed by atoms with Gasteiger partial charge in [-0.15, -0.1) is 0 Å². The molecule has 2 aliphatic rings. The van der Waals surface area contributed by atoms with E-state index < -0.39 is 10.0 Å². The van der Waals surface area contributed by atoms with Crippen molar-refractivity contribution in [2.45, 2.75) is 37.5 Å². The van der Waals surface area contributed by atoms with Crippen molar-refractivity contribution in [3.8, 4) is 0 Å². The molecule has 0 bridgehead atoms. The van der Waals surface area contributed by atoms with Gasteiger partial charge in [-0.05, 0) is 31.2 Å². The molecule has 144 valence electrons. The molecule has 1 aromatic heterocycles. The van der Waals surface area contributed by atoms with E-state index in [1.165, 1.54) is 0 Å². The Kier molecular flexibility index (Phi) is 4.90. The predicted octanol–water partition coefficient (Wildman–Crippen LogP) is 2.40. The maximum atomic E-state index is 12.5. The molecule has 1 aliphatic carbocycles. The number of rotatable bonds is 6. The van der Waals surface area contributed by atoms with E-state index in [1.807, 2.05) is 23.1 Å². The summed E-state index contributed by atoms with van der Waals surface area (Å²) in [5.41, 5.74) is 0.739. The smallest absolute Gasteiger partial charge is 0.238 e. The largest absolute Gasteiger partial charge is 0.342 e. The van der Waals surface area contributed by atoms with Gasteiger partial charge in [-0.3, -0.25) is 9.52 Å². The summed E-state index contributed by atoms with van der Waals surface area (Å²) in [6.45, 7) is 1.41. The second kappa shape index (κ2) is 7.34. The van der Waals surface area contributed by atoms with Crippen LogP contribution in [-0.2, 0) is 20.6 Å². The number of hydrogen-bond donors (Lipinski definition) is 1. The first kappa shape index (κ1) is 18.0. The molecule has 27 heavy (non-hydrogen) atoms. The number of benzene rings is 1. The fraction of sp³-hybridized carbons (Fsp3) is 0.474. The number of amides is 1. The number of nitrogens with zero attached hydrogens (tertiary/aromatic N) is 3. The van der Waals surface area contributed by atoms with Crippen LogP contribution in [0.25, 0.3) is 0 Å². The van der Waals surface area contributed by atoms with Crippen molar-refractivity contribution in [1.82, 2.24) is 14.7 Å². The zero-order valence-electron chi connectivity index (χ0n) is 15.1. The Hall–Kier alpha value is -2.35. The number of carbonyl (C=O) groups excluding carboxylic acids is 1. The normalized spacial score (nSPS) is 18.4. The van der Waals surface area contributed by atoms with Crippen molar-refractivity contribution in [3.05, 3.63) is 48.2 Å². The van der Waals surface area contributed by atoms with E-state index in [0.717, 1.165) is 31.2 Å². The molecule has 1 saturated carbocycles. The Morgan fingerprint density at radius 2 is 1.78 bits per heavy atom. The van der Waals surface area contributed by atoms with E-state index in [2.05, 4.69) is 9.82 Å². The van der Waals surface area contributed by atoms with Gasteiger partial charge in [0.15, 0.2) is 0 Å². The first-order valence-electron chi connectivity index (χ1n) is 9.38. The lowest BCUT2D eigenvalue weighted by molar-refractivity contribution is -0.133. The highest BCUT2D eigenvalue weighted by Gasteiger charge is 2.35. The third-order valence-electron chi connectivity index (χ3n) is 5.18. The molecule has 1 amide bonds. The van der Waals surface area contributed by atoms with Gasteiger partial charge in [-0.2, -0.15) is 5.10 Å². The van der Waals surface area contributed by atoms with Crippen LogP contribution in [0.3, 0.4) is 0 Å². The van der Waals surface area contributed by atoms with Gasteiger partial charge in [-0.25, -0.2) is 13.1 Å². The molecule has 8 heteroatoms. The number of nitrogens with one attached hydrogen (secondary N) is 1. The van der Waals surface area contributed by atoms with Crippen LogP contribution in [-0.4, -0.2) is 42.1 Å². The van der Waals surface area contributed by atoms with Crippen LogP contribution >= 0.6 is 0 Å². The molecule has 0 unspecified atom stereocenters. The van der Waals surface area contributed by atoms with Crippen LogP contribution in [0.1, 0.15) is 37.3 Å². The number of piperidine rings is 1. The van der Waals surface area contributed by atoms with Gasteiger partial charge in [0.05, 0.1) is 18.0 Å². The summed E-state index contributed by atoms with van der Waals surface area (Å²) in [5.74, 6) is 0.926. The van der Waals surface area contributed by atoms with Crippen LogP contribution in [0.15, 0.2) is 42.6 Å². The third kappa shape index (κ3) is 4.32. The first-order valence-corrected chi connectivity index (χ1v) is 11.0. The van der Waals surface area contributed by atoms with Crippen molar-refractivity contribution in [2.75, 3.05) is 17.8 Å². The molecular formula is C19H24N4O3S. The molecule has 2 heterocycles. The van der Waals surface area contributed by atoms with E-state index in [4.69, 9.17) is 0 Å². The zero-order chi connectivity index (χ0) is 18.9. The van der Waals surface area contributed by atoms with Crippen LogP contribution in [0, 0.1) is 5.92 Å². The van der Waals surface area contributed by atoms with Gasteiger partial charge < -0.3 is 4.90 Å². The fourth-order valence-corrected chi connectivity index (χ4v) is 4.78. The number of likely N-dealkylation sites (tertiary alicyclic amines) is 1. The third-order valence-corrected chi connectivity index (χ3v) is 6.41. The van der Waals surface area contributed by atoms with Crippen molar-refractivity contribution >= 4 is 21.7 Å². The summed E-state index contributed by atoms with van der Waals surface area (Å²) in [5, 5.41) is 4.33. The molecule has 4 rings (SSSR count). The van der Waals surface area contributed by atoms with E-state index in [0.29, 0.717) is 18.9 Å². The summed E-state index contributed by atoms with van der Waals surface area (Å²) in [7, 11) is -3.52. The van der Waals surface area contributed by atoms with Crippen LogP contribution in [0.2, 0.25) is 0 Å².